The molecule has 0 bridgehead atoms. The maximum absolute atomic E-state index is 12.0. The molecule has 90 valence electrons. The van der Waals surface area contributed by atoms with Crippen LogP contribution in [0.1, 0.15) is 42.1 Å². The lowest BCUT2D eigenvalue weighted by Gasteiger charge is -2.39. The summed E-state index contributed by atoms with van der Waals surface area (Å²) >= 11 is 4.90. The molecule has 0 aliphatic heterocycles. The van der Waals surface area contributed by atoms with Crippen LogP contribution in [-0.2, 0) is 0 Å². The van der Waals surface area contributed by atoms with Gasteiger partial charge in [-0.05, 0) is 38.3 Å². The Balaban J connectivity index is 2.13. The molecule has 17 heavy (non-hydrogen) atoms. The largest absolute Gasteiger partial charge is 0.389 e. The quantitative estimate of drug-likeness (QED) is 0.804. The Morgan fingerprint density at radius 3 is 2.59 bits per heavy atom. The number of benzene rings is 1. The van der Waals surface area contributed by atoms with Crippen molar-refractivity contribution in [1.82, 2.24) is 5.32 Å². The van der Waals surface area contributed by atoms with Gasteiger partial charge in [0.15, 0.2) is 0 Å². The molecule has 1 aromatic carbocycles. The van der Waals surface area contributed by atoms with Crippen molar-refractivity contribution in [2.24, 2.45) is 5.73 Å². The smallest absolute Gasteiger partial charge is 0.251 e. The summed E-state index contributed by atoms with van der Waals surface area (Å²) in [6, 6.07) is 7.12. The molecule has 1 amide bonds. The molecule has 1 aliphatic carbocycles. The summed E-state index contributed by atoms with van der Waals surface area (Å²) in [6.45, 7) is 2.08. The van der Waals surface area contributed by atoms with E-state index in [2.05, 4.69) is 12.2 Å². The third-order valence-corrected chi connectivity index (χ3v) is 3.52. The van der Waals surface area contributed by atoms with Gasteiger partial charge in [0, 0.05) is 16.7 Å². The van der Waals surface area contributed by atoms with Crippen LogP contribution in [0.4, 0.5) is 0 Å². The summed E-state index contributed by atoms with van der Waals surface area (Å²) in [4.78, 5) is 12.3. The summed E-state index contributed by atoms with van der Waals surface area (Å²) in [5.41, 5.74) is 6.86. The number of carbonyl (C=O) groups excluding carboxylic acids is 1. The number of rotatable bonds is 3. The van der Waals surface area contributed by atoms with E-state index >= 15 is 0 Å². The van der Waals surface area contributed by atoms with Gasteiger partial charge in [-0.3, -0.25) is 4.79 Å². The summed E-state index contributed by atoms with van der Waals surface area (Å²) in [5.74, 6) is -0.0506. The molecule has 0 atom stereocenters. The first-order valence-corrected chi connectivity index (χ1v) is 6.13. The van der Waals surface area contributed by atoms with Gasteiger partial charge < -0.3 is 11.1 Å². The van der Waals surface area contributed by atoms with Crippen LogP contribution in [0.15, 0.2) is 24.3 Å². The summed E-state index contributed by atoms with van der Waals surface area (Å²) in [5, 5.41) is 3.05. The van der Waals surface area contributed by atoms with Crippen LogP contribution in [-0.4, -0.2) is 16.4 Å². The van der Waals surface area contributed by atoms with Crippen molar-refractivity contribution in [3.63, 3.8) is 0 Å². The standard InChI is InChI=1S/C13H16N2OS/c1-13(6-3-7-13)15-12(16)10-5-2-4-9(8-10)11(14)17/h2,4-5,8H,3,6-7H2,1H3,(H2,14,17)(H,15,16). The molecule has 1 aliphatic rings. The van der Waals surface area contributed by atoms with Gasteiger partial charge in [0.2, 0.25) is 0 Å². The van der Waals surface area contributed by atoms with E-state index in [0.717, 1.165) is 18.4 Å². The van der Waals surface area contributed by atoms with Crippen LogP contribution in [0.5, 0.6) is 0 Å². The molecular formula is C13H16N2OS. The Bertz CT molecular complexity index is 466. The summed E-state index contributed by atoms with van der Waals surface area (Å²) in [7, 11) is 0. The molecule has 3 nitrogen and oxygen atoms in total. The predicted molar refractivity (Wildman–Crippen MR) is 72.1 cm³/mol. The lowest BCUT2D eigenvalue weighted by atomic mass is 9.78. The highest BCUT2D eigenvalue weighted by Gasteiger charge is 2.33. The minimum atomic E-state index is -0.0506. The minimum Gasteiger partial charge on any atom is -0.389 e. The van der Waals surface area contributed by atoms with E-state index in [0.29, 0.717) is 10.6 Å². The zero-order valence-corrected chi connectivity index (χ0v) is 10.6. The van der Waals surface area contributed by atoms with Gasteiger partial charge in [-0.25, -0.2) is 0 Å². The average molecular weight is 248 g/mol. The second-order valence-electron chi connectivity index (χ2n) is 4.81. The number of amides is 1. The van der Waals surface area contributed by atoms with Crippen molar-refractivity contribution < 1.29 is 4.79 Å². The number of hydrogen-bond donors (Lipinski definition) is 2. The van der Waals surface area contributed by atoms with Gasteiger partial charge in [0.05, 0.1) is 0 Å². The number of nitrogens with two attached hydrogens (primary N) is 1. The average Bonchev–Trinajstić information content (AvgIpc) is 2.27. The van der Waals surface area contributed by atoms with Gasteiger partial charge in [-0.15, -0.1) is 0 Å². The van der Waals surface area contributed by atoms with E-state index < -0.39 is 0 Å². The molecule has 1 saturated carbocycles. The SMILES string of the molecule is CC1(NC(=O)c2cccc(C(N)=S)c2)CCC1. The van der Waals surface area contributed by atoms with E-state index in [1.807, 2.05) is 6.07 Å². The van der Waals surface area contributed by atoms with Crippen molar-refractivity contribution >= 4 is 23.1 Å². The zero-order valence-electron chi connectivity index (χ0n) is 9.82. The highest BCUT2D eigenvalue weighted by atomic mass is 32.1. The Hall–Kier alpha value is -1.42. The molecule has 0 radical (unpaired) electrons. The van der Waals surface area contributed by atoms with Gasteiger partial charge in [-0.2, -0.15) is 0 Å². The van der Waals surface area contributed by atoms with Gasteiger partial charge >= 0.3 is 0 Å². The van der Waals surface area contributed by atoms with E-state index in [1.54, 1.807) is 18.2 Å². The third kappa shape index (κ3) is 2.64. The number of hydrogen-bond acceptors (Lipinski definition) is 2. The van der Waals surface area contributed by atoms with Gasteiger partial charge in [0.25, 0.3) is 5.91 Å². The normalized spacial score (nSPS) is 17.0. The third-order valence-electron chi connectivity index (χ3n) is 3.28. The molecule has 0 aromatic heterocycles. The Kier molecular flexibility index (Phi) is 3.15. The lowest BCUT2D eigenvalue weighted by Crippen LogP contribution is -2.50. The van der Waals surface area contributed by atoms with Crippen LogP contribution in [0.3, 0.4) is 0 Å². The van der Waals surface area contributed by atoms with Crippen molar-refractivity contribution in [2.75, 3.05) is 0 Å². The topological polar surface area (TPSA) is 55.1 Å². The number of carbonyl (C=O) groups is 1. The fourth-order valence-corrected chi connectivity index (χ4v) is 2.12. The Morgan fingerprint density at radius 2 is 2.06 bits per heavy atom. The van der Waals surface area contributed by atoms with E-state index in [-0.39, 0.29) is 11.4 Å². The molecule has 1 aromatic rings. The van der Waals surface area contributed by atoms with Crippen molar-refractivity contribution in [2.45, 2.75) is 31.7 Å². The van der Waals surface area contributed by atoms with E-state index in [4.69, 9.17) is 18.0 Å². The minimum absolute atomic E-state index is 0.0314. The maximum Gasteiger partial charge on any atom is 0.251 e. The van der Waals surface area contributed by atoms with E-state index in [1.165, 1.54) is 6.42 Å². The van der Waals surface area contributed by atoms with Crippen LogP contribution in [0.2, 0.25) is 0 Å². The fraction of sp³-hybridized carbons (Fsp3) is 0.385. The zero-order chi connectivity index (χ0) is 12.5. The molecule has 0 unspecified atom stereocenters. The Morgan fingerprint density at radius 1 is 1.41 bits per heavy atom. The van der Waals surface area contributed by atoms with Gasteiger partial charge in [-0.1, -0.05) is 24.4 Å². The molecule has 1 fully saturated rings. The first kappa shape index (κ1) is 12.0. The second-order valence-corrected chi connectivity index (χ2v) is 5.25. The van der Waals surface area contributed by atoms with E-state index in [9.17, 15) is 4.79 Å². The Labute approximate surface area is 106 Å². The number of nitrogens with one attached hydrogen (secondary N) is 1. The molecule has 0 heterocycles. The van der Waals surface area contributed by atoms with Crippen molar-refractivity contribution in [3.8, 4) is 0 Å². The predicted octanol–water partition coefficient (Wildman–Crippen LogP) is 1.99. The van der Waals surface area contributed by atoms with Crippen molar-refractivity contribution in [3.05, 3.63) is 35.4 Å². The number of thiocarbonyl (C=S) groups is 1. The lowest BCUT2D eigenvalue weighted by molar-refractivity contribution is 0.0850. The highest BCUT2D eigenvalue weighted by Crippen LogP contribution is 2.31. The second kappa shape index (κ2) is 4.45. The van der Waals surface area contributed by atoms with Crippen LogP contribution < -0.4 is 11.1 Å². The molecule has 4 heteroatoms. The van der Waals surface area contributed by atoms with Crippen LogP contribution in [0.25, 0.3) is 0 Å². The summed E-state index contributed by atoms with van der Waals surface area (Å²) in [6.07, 6.45) is 3.28. The van der Waals surface area contributed by atoms with Crippen LogP contribution >= 0.6 is 12.2 Å². The highest BCUT2D eigenvalue weighted by molar-refractivity contribution is 7.80. The molecule has 3 N–H and O–H groups in total. The molecular weight excluding hydrogens is 232 g/mol. The first-order chi connectivity index (χ1) is 8.00. The molecule has 0 saturated heterocycles. The summed E-state index contributed by atoms with van der Waals surface area (Å²) < 4.78 is 0. The molecule has 0 spiro atoms. The molecule has 2 rings (SSSR count). The van der Waals surface area contributed by atoms with Crippen LogP contribution in [0, 0.1) is 0 Å². The first-order valence-electron chi connectivity index (χ1n) is 5.73. The maximum atomic E-state index is 12.0. The van der Waals surface area contributed by atoms with Crippen molar-refractivity contribution in [1.29, 1.82) is 0 Å². The fourth-order valence-electron chi connectivity index (χ4n) is 1.99. The van der Waals surface area contributed by atoms with Gasteiger partial charge in [0.1, 0.15) is 4.99 Å². The monoisotopic (exact) mass is 248 g/mol.